The van der Waals surface area contributed by atoms with Gasteiger partial charge in [-0.25, -0.2) is 0 Å². The Kier molecular flexibility index (Phi) is 5.98. The van der Waals surface area contributed by atoms with Crippen molar-refractivity contribution in [3.8, 4) is 0 Å². The molecule has 0 aromatic carbocycles. The molecule has 0 amide bonds. The Morgan fingerprint density at radius 2 is 1.96 bits per heavy atom. The molecule has 2 aliphatic carbocycles. The van der Waals surface area contributed by atoms with Crippen molar-refractivity contribution < 1.29 is 4.79 Å². The summed E-state index contributed by atoms with van der Waals surface area (Å²) in [5.41, 5.74) is 7.11. The fraction of sp³-hybridized carbons (Fsp3) is 0.500. The maximum atomic E-state index is 10.6. The molecule has 23 heavy (non-hydrogen) atoms. The number of carbonyl (C=O) groups excluding carboxylic acids is 1. The van der Waals surface area contributed by atoms with Crippen molar-refractivity contribution in [2.75, 3.05) is 0 Å². The molecule has 0 unspecified atom stereocenters. The molecule has 1 nitrogen and oxygen atoms in total. The number of allylic oxidation sites excluding steroid dienone is 10. The largest absolute Gasteiger partial charge is 0.299 e. The predicted molar refractivity (Wildman–Crippen MR) is 99.3 cm³/mol. The fourth-order valence-electron chi connectivity index (χ4n) is 3.78. The number of hydrogen-bond acceptors (Lipinski definition) is 1. The van der Waals surface area contributed by atoms with E-state index in [1.807, 2.05) is 0 Å². The molecule has 0 heterocycles. The molecule has 0 saturated carbocycles. The van der Waals surface area contributed by atoms with Crippen molar-refractivity contribution >= 4 is 6.29 Å². The molecule has 0 atom stereocenters. The lowest BCUT2D eigenvalue weighted by atomic mass is 9.72. The highest BCUT2D eigenvalue weighted by Gasteiger charge is 2.26. The van der Waals surface area contributed by atoms with Crippen molar-refractivity contribution in [1.29, 1.82) is 0 Å². The van der Waals surface area contributed by atoms with Crippen LogP contribution in [-0.2, 0) is 4.79 Å². The van der Waals surface area contributed by atoms with Gasteiger partial charge in [0.15, 0.2) is 0 Å². The highest BCUT2D eigenvalue weighted by atomic mass is 16.1. The third-order valence-corrected chi connectivity index (χ3v) is 5.05. The summed E-state index contributed by atoms with van der Waals surface area (Å²) >= 11 is 0. The summed E-state index contributed by atoms with van der Waals surface area (Å²) in [6.45, 7) is 9.16. The zero-order valence-electron chi connectivity index (χ0n) is 15.1. The zero-order valence-corrected chi connectivity index (χ0v) is 15.1. The minimum absolute atomic E-state index is 0.295. The van der Waals surface area contributed by atoms with Gasteiger partial charge in [0.05, 0.1) is 0 Å². The first-order valence-corrected chi connectivity index (χ1v) is 8.84. The summed E-state index contributed by atoms with van der Waals surface area (Å²) in [6.07, 6.45) is 18.7. The Balaban J connectivity index is 2.16. The van der Waals surface area contributed by atoms with Crippen LogP contribution in [0.15, 0.2) is 58.2 Å². The summed E-state index contributed by atoms with van der Waals surface area (Å²) in [4.78, 5) is 10.6. The maximum absolute atomic E-state index is 10.6. The van der Waals surface area contributed by atoms with Gasteiger partial charge in [-0.1, -0.05) is 49.3 Å². The molecule has 0 aliphatic heterocycles. The van der Waals surface area contributed by atoms with Gasteiger partial charge in [0, 0.05) is 0 Å². The van der Waals surface area contributed by atoms with E-state index in [1.165, 1.54) is 36.0 Å². The van der Waals surface area contributed by atoms with Gasteiger partial charge in [-0.15, -0.1) is 0 Å². The summed E-state index contributed by atoms with van der Waals surface area (Å²) in [7, 11) is 0. The molecular weight excluding hydrogens is 280 g/mol. The van der Waals surface area contributed by atoms with Crippen LogP contribution in [0.3, 0.4) is 0 Å². The topological polar surface area (TPSA) is 17.1 Å². The maximum Gasteiger partial charge on any atom is 0.143 e. The SMILES string of the molecule is CC(C=CC1=C(C)CCCC1(C)C)=CC1=CC(=CC=O)CCC1. The molecule has 0 bridgehead atoms. The molecule has 1 heteroatoms. The van der Waals surface area contributed by atoms with Crippen LogP contribution in [0.1, 0.15) is 66.2 Å². The Bertz CT molecular complexity index is 606. The van der Waals surface area contributed by atoms with Crippen LogP contribution < -0.4 is 0 Å². The van der Waals surface area contributed by atoms with Crippen LogP contribution in [0, 0.1) is 5.41 Å². The van der Waals surface area contributed by atoms with Gasteiger partial charge < -0.3 is 0 Å². The number of carbonyl (C=O) groups is 1. The van der Waals surface area contributed by atoms with E-state index >= 15 is 0 Å². The van der Waals surface area contributed by atoms with E-state index in [0.29, 0.717) is 5.41 Å². The molecule has 0 spiro atoms. The minimum Gasteiger partial charge on any atom is -0.299 e. The molecule has 0 saturated heterocycles. The average Bonchev–Trinajstić information content (AvgIpc) is 2.46. The van der Waals surface area contributed by atoms with Crippen LogP contribution in [-0.4, -0.2) is 6.29 Å². The van der Waals surface area contributed by atoms with Gasteiger partial charge >= 0.3 is 0 Å². The highest BCUT2D eigenvalue weighted by molar-refractivity contribution is 5.67. The first kappa shape index (κ1) is 17.7. The van der Waals surface area contributed by atoms with Crippen LogP contribution in [0.4, 0.5) is 0 Å². The molecule has 0 radical (unpaired) electrons. The highest BCUT2D eigenvalue weighted by Crippen LogP contribution is 2.40. The van der Waals surface area contributed by atoms with E-state index in [2.05, 4.69) is 52.0 Å². The van der Waals surface area contributed by atoms with E-state index in [9.17, 15) is 4.79 Å². The number of aldehydes is 1. The van der Waals surface area contributed by atoms with E-state index in [-0.39, 0.29) is 0 Å². The number of rotatable bonds is 4. The van der Waals surface area contributed by atoms with E-state index in [4.69, 9.17) is 0 Å². The second kappa shape index (κ2) is 7.77. The monoisotopic (exact) mass is 310 g/mol. The molecule has 0 fully saturated rings. The van der Waals surface area contributed by atoms with Crippen LogP contribution in [0.5, 0.6) is 0 Å². The third kappa shape index (κ3) is 4.92. The average molecular weight is 310 g/mol. The lowest BCUT2D eigenvalue weighted by Gasteiger charge is -2.33. The van der Waals surface area contributed by atoms with Crippen LogP contribution in [0.2, 0.25) is 0 Å². The van der Waals surface area contributed by atoms with Crippen molar-refractivity contribution in [2.24, 2.45) is 5.41 Å². The van der Waals surface area contributed by atoms with Crippen LogP contribution in [0.25, 0.3) is 0 Å². The second-order valence-corrected chi connectivity index (χ2v) is 7.60. The van der Waals surface area contributed by atoms with Gasteiger partial charge in [-0.3, -0.25) is 4.79 Å². The fourth-order valence-corrected chi connectivity index (χ4v) is 3.78. The summed E-state index contributed by atoms with van der Waals surface area (Å²) in [5.74, 6) is 0. The summed E-state index contributed by atoms with van der Waals surface area (Å²) < 4.78 is 0. The van der Waals surface area contributed by atoms with Gasteiger partial charge in [-0.05, 0) is 80.6 Å². The normalized spacial score (nSPS) is 24.3. The Morgan fingerprint density at radius 3 is 2.65 bits per heavy atom. The molecule has 2 rings (SSSR count). The van der Waals surface area contributed by atoms with E-state index in [1.54, 1.807) is 11.6 Å². The van der Waals surface area contributed by atoms with E-state index in [0.717, 1.165) is 31.1 Å². The quantitative estimate of drug-likeness (QED) is 0.341. The molecule has 0 aromatic heterocycles. The standard InChI is InChI=1S/C22H30O/c1-17(15-20-9-5-8-19(16-20)12-14-23)10-11-21-18(2)7-6-13-22(21,3)4/h10-12,14-16H,5-9,13H2,1-4H3. The molecule has 124 valence electrons. The van der Waals surface area contributed by atoms with Gasteiger partial charge in [0.2, 0.25) is 0 Å². The van der Waals surface area contributed by atoms with Gasteiger partial charge in [-0.2, -0.15) is 0 Å². The Labute approximate surface area is 141 Å². The van der Waals surface area contributed by atoms with E-state index < -0.39 is 0 Å². The van der Waals surface area contributed by atoms with Gasteiger partial charge in [0.25, 0.3) is 0 Å². The molecule has 0 aromatic rings. The predicted octanol–water partition coefficient (Wildman–Crippen LogP) is 6.25. The zero-order chi connectivity index (χ0) is 16.9. The Morgan fingerprint density at radius 1 is 1.17 bits per heavy atom. The first-order chi connectivity index (χ1) is 10.9. The van der Waals surface area contributed by atoms with Crippen molar-refractivity contribution in [2.45, 2.75) is 66.2 Å². The molecule has 2 aliphatic rings. The van der Waals surface area contributed by atoms with Gasteiger partial charge in [0.1, 0.15) is 6.29 Å². The van der Waals surface area contributed by atoms with Crippen molar-refractivity contribution in [3.63, 3.8) is 0 Å². The smallest absolute Gasteiger partial charge is 0.143 e. The molecular formula is C22H30O. The third-order valence-electron chi connectivity index (χ3n) is 5.05. The molecule has 0 N–H and O–H groups in total. The summed E-state index contributed by atoms with van der Waals surface area (Å²) in [6, 6.07) is 0. The van der Waals surface area contributed by atoms with Crippen LogP contribution >= 0.6 is 0 Å². The first-order valence-electron chi connectivity index (χ1n) is 8.84. The number of hydrogen-bond donors (Lipinski definition) is 0. The van der Waals surface area contributed by atoms with Crippen molar-refractivity contribution in [1.82, 2.24) is 0 Å². The second-order valence-electron chi connectivity index (χ2n) is 7.60. The lowest BCUT2D eigenvalue weighted by molar-refractivity contribution is -0.104. The minimum atomic E-state index is 0.295. The lowest BCUT2D eigenvalue weighted by Crippen LogP contribution is -2.19. The summed E-state index contributed by atoms with van der Waals surface area (Å²) in [5, 5.41) is 0. The Hall–Kier alpha value is -1.63. The van der Waals surface area contributed by atoms with Crippen molar-refractivity contribution in [3.05, 3.63) is 58.2 Å².